The average Bonchev–Trinajstić information content (AvgIpc) is 2.91. The van der Waals surface area contributed by atoms with Gasteiger partial charge in [-0.1, -0.05) is 72.8 Å². The van der Waals surface area contributed by atoms with Gasteiger partial charge in [-0.05, 0) is 40.6 Å². The number of nitrogens with zero attached hydrogens (tertiary/aromatic N) is 2. The summed E-state index contributed by atoms with van der Waals surface area (Å²) in [4.78, 5) is 16.6. The first kappa shape index (κ1) is 22.1. The Morgan fingerprint density at radius 3 is 2.51 bits per heavy atom. The molecule has 5 aromatic rings. The number of rotatable bonds is 8. The Morgan fingerprint density at radius 1 is 0.800 bits per heavy atom. The van der Waals surface area contributed by atoms with Crippen LogP contribution in [0.1, 0.15) is 11.1 Å². The highest BCUT2D eigenvalue weighted by atomic mass is 16.5. The van der Waals surface area contributed by atoms with Crippen molar-refractivity contribution < 1.29 is 14.3 Å². The summed E-state index contributed by atoms with van der Waals surface area (Å²) in [5, 5.41) is 7.36. The summed E-state index contributed by atoms with van der Waals surface area (Å²) >= 11 is 0. The smallest absolute Gasteiger partial charge is 0.277 e. The van der Waals surface area contributed by atoms with Gasteiger partial charge in [0, 0.05) is 17.1 Å². The van der Waals surface area contributed by atoms with E-state index in [1.165, 1.54) is 5.39 Å². The summed E-state index contributed by atoms with van der Waals surface area (Å²) in [6.07, 6.45) is 3.26. The molecule has 5 rings (SSSR count). The van der Waals surface area contributed by atoms with E-state index in [-0.39, 0.29) is 12.5 Å². The molecule has 1 amide bonds. The Morgan fingerprint density at radius 2 is 1.54 bits per heavy atom. The molecule has 0 fully saturated rings. The first-order valence-electron chi connectivity index (χ1n) is 11.2. The van der Waals surface area contributed by atoms with E-state index >= 15 is 0 Å². The number of hydrogen-bond acceptors (Lipinski definition) is 5. The van der Waals surface area contributed by atoms with E-state index in [1.54, 1.807) is 18.5 Å². The van der Waals surface area contributed by atoms with Crippen LogP contribution in [0.2, 0.25) is 0 Å². The van der Waals surface area contributed by atoms with E-state index in [4.69, 9.17) is 9.47 Å². The van der Waals surface area contributed by atoms with Crippen molar-refractivity contribution in [2.24, 2.45) is 5.10 Å². The van der Waals surface area contributed by atoms with Crippen molar-refractivity contribution in [1.29, 1.82) is 0 Å². The molecule has 0 aliphatic rings. The monoisotopic (exact) mass is 461 g/mol. The van der Waals surface area contributed by atoms with Crippen LogP contribution in [0.4, 0.5) is 0 Å². The molecule has 0 atom stereocenters. The first-order valence-corrected chi connectivity index (χ1v) is 11.2. The largest absolute Gasteiger partial charge is 0.488 e. The number of ether oxygens (including phenoxy) is 2. The molecule has 1 aromatic heterocycles. The van der Waals surface area contributed by atoms with Gasteiger partial charge >= 0.3 is 0 Å². The predicted octanol–water partition coefficient (Wildman–Crippen LogP) is 5.50. The van der Waals surface area contributed by atoms with Gasteiger partial charge in [-0.2, -0.15) is 5.10 Å². The lowest BCUT2D eigenvalue weighted by atomic mass is 10.1. The van der Waals surface area contributed by atoms with Crippen molar-refractivity contribution in [3.63, 3.8) is 0 Å². The van der Waals surface area contributed by atoms with E-state index in [9.17, 15) is 4.79 Å². The SMILES string of the molecule is O=C(COc1cccc2cccnc12)N/N=C\c1ccccc1OCc1cccc2ccccc12. The molecule has 4 aromatic carbocycles. The molecular weight excluding hydrogens is 438 g/mol. The van der Waals surface area contributed by atoms with Crippen molar-refractivity contribution in [3.8, 4) is 11.5 Å². The molecule has 0 radical (unpaired) electrons. The van der Waals surface area contributed by atoms with Gasteiger partial charge in [0.2, 0.25) is 0 Å². The molecule has 0 bridgehead atoms. The van der Waals surface area contributed by atoms with Crippen LogP contribution in [0.5, 0.6) is 11.5 Å². The summed E-state index contributed by atoms with van der Waals surface area (Å²) in [5.41, 5.74) is 5.07. The van der Waals surface area contributed by atoms with Gasteiger partial charge in [0.1, 0.15) is 23.6 Å². The number of carbonyl (C=O) groups is 1. The van der Waals surface area contributed by atoms with E-state index in [0.29, 0.717) is 23.6 Å². The van der Waals surface area contributed by atoms with Crippen LogP contribution in [-0.4, -0.2) is 23.7 Å². The van der Waals surface area contributed by atoms with Gasteiger partial charge in [0.15, 0.2) is 6.61 Å². The zero-order chi connectivity index (χ0) is 23.9. The minimum absolute atomic E-state index is 0.174. The summed E-state index contributed by atoms with van der Waals surface area (Å²) in [5.74, 6) is 0.856. The van der Waals surface area contributed by atoms with Crippen LogP contribution in [-0.2, 0) is 11.4 Å². The average molecular weight is 462 g/mol. The number of nitrogens with one attached hydrogen (secondary N) is 1. The van der Waals surface area contributed by atoms with Gasteiger partial charge < -0.3 is 9.47 Å². The fourth-order valence-corrected chi connectivity index (χ4v) is 3.83. The molecule has 6 nitrogen and oxygen atoms in total. The van der Waals surface area contributed by atoms with Crippen LogP contribution in [0.3, 0.4) is 0 Å². The first-order chi connectivity index (χ1) is 17.3. The number of para-hydroxylation sites is 2. The molecular formula is C29H23N3O3. The van der Waals surface area contributed by atoms with Gasteiger partial charge in [-0.15, -0.1) is 0 Å². The summed E-state index contributed by atoms with van der Waals surface area (Å²) < 4.78 is 11.8. The second kappa shape index (κ2) is 10.5. The maximum absolute atomic E-state index is 12.3. The third kappa shape index (κ3) is 5.28. The Hall–Kier alpha value is -4.71. The molecule has 0 saturated carbocycles. The van der Waals surface area contributed by atoms with Gasteiger partial charge in [-0.3, -0.25) is 9.78 Å². The molecule has 0 saturated heterocycles. The zero-order valence-electron chi connectivity index (χ0n) is 18.9. The van der Waals surface area contributed by atoms with Crippen LogP contribution in [0.15, 0.2) is 108 Å². The number of aromatic nitrogens is 1. The van der Waals surface area contributed by atoms with Crippen molar-refractivity contribution in [2.45, 2.75) is 6.61 Å². The minimum Gasteiger partial charge on any atom is -0.488 e. The standard InChI is InChI=1S/C29H23N3O3/c33-28(20-35-27-16-6-11-22-13-7-17-30-29(22)27)32-31-18-23-9-2-4-15-26(23)34-19-24-12-5-10-21-8-1-3-14-25(21)24/h1-18H,19-20H2,(H,32,33)/b31-18-. The molecule has 0 aliphatic heterocycles. The van der Waals surface area contributed by atoms with Crippen molar-refractivity contribution >= 4 is 33.8 Å². The molecule has 0 unspecified atom stereocenters. The molecule has 0 spiro atoms. The molecule has 172 valence electrons. The Balaban J connectivity index is 1.20. The van der Waals surface area contributed by atoms with E-state index < -0.39 is 0 Å². The highest BCUT2D eigenvalue weighted by molar-refractivity contribution is 5.87. The van der Waals surface area contributed by atoms with Crippen LogP contribution in [0.25, 0.3) is 21.7 Å². The Kier molecular flexibility index (Phi) is 6.62. The van der Waals surface area contributed by atoms with Crippen molar-refractivity contribution in [3.05, 3.63) is 114 Å². The Bertz CT molecular complexity index is 1500. The van der Waals surface area contributed by atoms with E-state index in [1.807, 2.05) is 66.7 Å². The summed E-state index contributed by atoms with van der Waals surface area (Å²) in [6.45, 7) is 0.248. The molecule has 0 aliphatic carbocycles. The lowest BCUT2D eigenvalue weighted by molar-refractivity contribution is -0.123. The fraction of sp³-hybridized carbons (Fsp3) is 0.0690. The van der Waals surface area contributed by atoms with E-state index in [2.05, 4.69) is 39.8 Å². The van der Waals surface area contributed by atoms with Gasteiger partial charge in [-0.25, -0.2) is 5.43 Å². The lowest BCUT2D eigenvalue weighted by Crippen LogP contribution is -2.24. The number of pyridine rings is 1. The second-order valence-electron chi connectivity index (χ2n) is 7.88. The highest BCUT2D eigenvalue weighted by Crippen LogP contribution is 2.23. The fourth-order valence-electron chi connectivity index (χ4n) is 3.83. The molecule has 6 heteroatoms. The predicted molar refractivity (Wildman–Crippen MR) is 138 cm³/mol. The van der Waals surface area contributed by atoms with E-state index in [0.717, 1.165) is 21.9 Å². The van der Waals surface area contributed by atoms with Crippen LogP contribution >= 0.6 is 0 Å². The molecule has 35 heavy (non-hydrogen) atoms. The lowest BCUT2D eigenvalue weighted by Gasteiger charge is -2.11. The number of fused-ring (bicyclic) bond motifs is 2. The molecule has 1 N–H and O–H groups in total. The topological polar surface area (TPSA) is 72.8 Å². The summed E-state index contributed by atoms with van der Waals surface area (Å²) in [6, 6.07) is 31.4. The maximum Gasteiger partial charge on any atom is 0.277 e. The van der Waals surface area contributed by atoms with Crippen LogP contribution < -0.4 is 14.9 Å². The number of benzene rings is 4. The maximum atomic E-state index is 12.3. The zero-order valence-corrected chi connectivity index (χ0v) is 18.9. The van der Waals surface area contributed by atoms with Crippen molar-refractivity contribution in [2.75, 3.05) is 6.61 Å². The number of hydrazone groups is 1. The second-order valence-corrected chi connectivity index (χ2v) is 7.88. The van der Waals surface area contributed by atoms with Crippen LogP contribution in [0, 0.1) is 0 Å². The highest BCUT2D eigenvalue weighted by Gasteiger charge is 2.07. The Labute approximate surface area is 202 Å². The third-order valence-electron chi connectivity index (χ3n) is 5.53. The molecule has 1 heterocycles. The van der Waals surface area contributed by atoms with Crippen molar-refractivity contribution in [1.82, 2.24) is 10.4 Å². The third-order valence-corrected chi connectivity index (χ3v) is 5.53. The quantitative estimate of drug-likeness (QED) is 0.245. The van der Waals surface area contributed by atoms with Gasteiger partial charge in [0.25, 0.3) is 5.91 Å². The number of hydrogen-bond donors (Lipinski definition) is 1. The normalized spacial score (nSPS) is 11.1. The minimum atomic E-state index is -0.372. The van der Waals surface area contributed by atoms with Gasteiger partial charge in [0.05, 0.1) is 6.21 Å². The number of carbonyl (C=O) groups excluding carboxylic acids is 1. The number of amides is 1. The summed E-state index contributed by atoms with van der Waals surface area (Å²) in [7, 11) is 0.